The fourth-order valence-electron chi connectivity index (χ4n) is 4.06. The van der Waals surface area contributed by atoms with Crippen molar-refractivity contribution in [3.05, 3.63) is 65.4 Å². The van der Waals surface area contributed by atoms with Gasteiger partial charge in [0.1, 0.15) is 17.5 Å². The standard InChI is InChI=1S/C27H33N5O3S/c1-5-16-35-21-14-10-8-12-19(21)24-23(25(33)29-20-13-9-11-15-22(20)34-7-3)18(4)28-26-30-27(31-32(24)26)36-17-6-2/h8-15,24H,5-7,16-17H2,1-4H3,(H,29,33)(H,28,30,31). The first-order chi connectivity index (χ1) is 17.6. The molecule has 9 heteroatoms. The molecule has 3 aromatic rings. The molecule has 1 unspecified atom stereocenters. The van der Waals surface area contributed by atoms with Gasteiger partial charge in [0.25, 0.3) is 5.91 Å². The molecule has 1 aliphatic rings. The van der Waals surface area contributed by atoms with Crippen LogP contribution in [0.3, 0.4) is 0 Å². The van der Waals surface area contributed by atoms with Gasteiger partial charge in [-0.1, -0.05) is 55.9 Å². The SMILES string of the molecule is CCCOc1ccccc1C1C(C(=O)Nc2ccccc2OCC)=C(C)Nc2nc(SCCC)nn21. The highest BCUT2D eigenvalue weighted by Gasteiger charge is 2.36. The van der Waals surface area contributed by atoms with Crippen LogP contribution < -0.4 is 20.1 Å². The lowest BCUT2D eigenvalue weighted by Gasteiger charge is -2.29. The molecule has 1 atom stereocenters. The molecule has 4 rings (SSSR count). The van der Waals surface area contributed by atoms with E-state index < -0.39 is 6.04 Å². The topological polar surface area (TPSA) is 90.3 Å². The Kier molecular flexibility index (Phi) is 8.53. The van der Waals surface area contributed by atoms with Gasteiger partial charge in [0.15, 0.2) is 0 Å². The van der Waals surface area contributed by atoms with Crippen LogP contribution in [0, 0.1) is 0 Å². The molecule has 190 valence electrons. The molecule has 1 amide bonds. The first kappa shape index (κ1) is 25.6. The number of fused-ring (bicyclic) bond motifs is 1. The number of hydrogen-bond donors (Lipinski definition) is 2. The number of aromatic nitrogens is 3. The number of benzene rings is 2. The molecule has 0 aliphatic carbocycles. The van der Waals surface area contributed by atoms with Crippen molar-refractivity contribution in [1.82, 2.24) is 14.8 Å². The Hall–Kier alpha value is -3.46. The summed E-state index contributed by atoms with van der Waals surface area (Å²) in [5, 5.41) is 11.8. The Labute approximate surface area is 216 Å². The van der Waals surface area contributed by atoms with Gasteiger partial charge in [-0.15, -0.1) is 5.10 Å². The fourth-order valence-corrected chi connectivity index (χ4v) is 4.74. The average molecular weight is 508 g/mol. The van der Waals surface area contributed by atoms with Crippen LogP contribution in [0.25, 0.3) is 0 Å². The molecular formula is C27H33N5O3S. The second-order valence-electron chi connectivity index (χ2n) is 8.35. The van der Waals surface area contributed by atoms with Crippen molar-refractivity contribution in [1.29, 1.82) is 0 Å². The number of carbonyl (C=O) groups excluding carboxylic acids is 1. The van der Waals surface area contributed by atoms with Crippen LogP contribution >= 0.6 is 11.8 Å². The number of ether oxygens (including phenoxy) is 2. The zero-order chi connectivity index (χ0) is 25.5. The second kappa shape index (κ2) is 12.0. The quantitative estimate of drug-likeness (QED) is 0.313. The smallest absolute Gasteiger partial charge is 0.255 e. The minimum atomic E-state index is -0.517. The lowest BCUT2D eigenvalue weighted by Crippen LogP contribution is -2.32. The van der Waals surface area contributed by atoms with Gasteiger partial charge in [-0.25, -0.2) is 4.68 Å². The maximum atomic E-state index is 13.9. The van der Waals surface area contributed by atoms with Gasteiger partial charge in [0.2, 0.25) is 11.1 Å². The Morgan fingerprint density at radius 2 is 1.81 bits per heavy atom. The van der Waals surface area contributed by atoms with Crippen LogP contribution in [0.4, 0.5) is 11.6 Å². The summed E-state index contributed by atoms with van der Waals surface area (Å²) in [6, 6.07) is 14.7. The first-order valence-corrected chi connectivity index (χ1v) is 13.4. The van der Waals surface area contributed by atoms with E-state index >= 15 is 0 Å². The highest BCUT2D eigenvalue weighted by atomic mass is 32.2. The summed E-state index contributed by atoms with van der Waals surface area (Å²) < 4.78 is 13.6. The molecule has 2 N–H and O–H groups in total. The Morgan fingerprint density at radius 1 is 1.06 bits per heavy atom. The number of amides is 1. The van der Waals surface area contributed by atoms with Gasteiger partial charge in [-0.3, -0.25) is 4.79 Å². The van der Waals surface area contributed by atoms with E-state index in [1.165, 1.54) is 0 Å². The van der Waals surface area contributed by atoms with Crippen molar-refractivity contribution in [3.63, 3.8) is 0 Å². The molecule has 0 bridgehead atoms. The number of thioether (sulfide) groups is 1. The summed E-state index contributed by atoms with van der Waals surface area (Å²) in [5.74, 6) is 2.62. The normalized spacial score (nSPS) is 14.7. The fraction of sp³-hybridized carbons (Fsp3) is 0.370. The molecule has 0 saturated carbocycles. The number of carbonyl (C=O) groups is 1. The summed E-state index contributed by atoms with van der Waals surface area (Å²) in [4.78, 5) is 18.6. The van der Waals surface area contributed by atoms with Crippen LogP contribution in [0.2, 0.25) is 0 Å². The number of nitrogens with one attached hydrogen (secondary N) is 2. The minimum Gasteiger partial charge on any atom is -0.493 e. The van der Waals surface area contributed by atoms with E-state index in [4.69, 9.17) is 19.6 Å². The minimum absolute atomic E-state index is 0.244. The number of rotatable bonds is 11. The number of para-hydroxylation sites is 3. The molecule has 0 spiro atoms. The molecule has 8 nitrogen and oxygen atoms in total. The Balaban J connectivity index is 1.78. The van der Waals surface area contributed by atoms with E-state index in [-0.39, 0.29) is 5.91 Å². The van der Waals surface area contributed by atoms with Crippen molar-refractivity contribution < 1.29 is 14.3 Å². The van der Waals surface area contributed by atoms with Gasteiger partial charge >= 0.3 is 0 Å². The van der Waals surface area contributed by atoms with Crippen LogP contribution in [0.15, 0.2) is 65.0 Å². The van der Waals surface area contributed by atoms with Crippen LogP contribution in [-0.2, 0) is 4.79 Å². The molecule has 1 aromatic heterocycles. The van der Waals surface area contributed by atoms with Crippen molar-refractivity contribution in [2.24, 2.45) is 0 Å². The van der Waals surface area contributed by atoms with Gasteiger partial charge in [-0.2, -0.15) is 4.98 Å². The lowest BCUT2D eigenvalue weighted by molar-refractivity contribution is -0.113. The van der Waals surface area contributed by atoms with E-state index in [9.17, 15) is 4.79 Å². The molecule has 36 heavy (non-hydrogen) atoms. The second-order valence-corrected chi connectivity index (χ2v) is 9.41. The zero-order valence-corrected chi connectivity index (χ0v) is 22.0. The largest absolute Gasteiger partial charge is 0.493 e. The van der Waals surface area contributed by atoms with Crippen molar-refractivity contribution >= 4 is 29.3 Å². The van der Waals surface area contributed by atoms with Gasteiger partial charge in [0, 0.05) is 17.0 Å². The van der Waals surface area contributed by atoms with E-state index in [0.29, 0.717) is 47.0 Å². The van der Waals surface area contributed by atoms with E-state index in [1.807, 2.05) is 62.4 Å². The Bertz CT molecular complexity index is 1240. The monoisotopic (exact) mass is 507 g/mol. The summed E-state index contributed by atoms with van der Waals surface area (Å²) >= 11 is 1.60. The highest BCUT2D eigenvalue weighted by molar-refractivity contribution is 7.99. The number of nitrogens with zero attached hydrogens (tertiary/aromatic N) is 3. The third-order valence-corrected chi connectivity index (χ3v) is 6.67. The predicted octanol–water partition coefficient (Wildman–Crippen LogP) is 5.90. The van der Waals surface area contributed by atoms with Crippen LogP contribution in [0.1, 0.15) is 52.1 Å². The van der Waals surface area contributed by atoms with Crippen LogP contribution in [0.5, 0.6) is 11.5 Å². The number of allylic oxidation sites excluding steroid dienone is 1. The molecule has 2 aromatic carbocycles. The summed E-state index contributed by atoms with van der Waals surface area (Å²) in [7, 11) is 0. The summed E-state index contributed by atoms with van der Waals surface area (Å²) in [6.45, 7) is 9.08. The maximum Gasteiger partial charge on any atom is 0.255 e. The molecule has 1 aliphatic heterocycles. The van der Waals surface area contributed by atoms with Gasteiger partial charge in [0.05, 0.1) is 24.5 Å². The lowest BCUT2D eigenvalue weighted by atomic mass is 9.94. The summed E-state index contributed by atoms with van der Waals surface area (Å²) in [6.07, 6.45) is 1.90. The third-order valence-electron chi connectivity index (χ3n) is 5.62. The first-order valence-electron chi connectivity index (χ1n) is 12.4. The number of anilines is 2. The van der Waals surface area contributed by atoms with E-state index in [0.717, 1.165) is 29.9 Å². The van der Waals surface area contributed by atoms with Crippen molar-refractivity contribution in [2.45, 2.75) is 51.7 Å². The van der Waals surface area contributed by atoms with Crippen molar-refractivity contribution in [3.8, 4) is 11.5 Å². The Morgan fingerprint density at radius 3 is 2.56 bits per heavy atom. The van der Waals surface area contributed by atoms with Crippen LogP contribution in [-0.4, -0.2) is 39.6 Å². The molecule has 0 fully saturated rings. The molecule has 2 heterocycles. The van der Waals surface area contributed by atoms with Gasteiger partial charge < -0.3 is 20.1 Å². The molecule has 0 radical (unpaired) electrons. The highest BCUT2D eigenvalue weighted by Crippen LogP contribution is 2.40. The van der Waals surface area contributed by atoms with E-state index in [1.54, 1.807) is 16.4 Å². The third kappa shape index (κ3) is 5.51. The predicted molar refractivity (Wildman–Crippen MR) is 144 cm³/mol. The van der Waals surface area contributed by atoms with Gasteiger partial charge in [-0.05, 0) is 44.9 Å². The molecule has 0 saturated heterocycles. The van der Waals surface area contributed by atoms with Crippen molar-refractivity contribution in [2.75, 3.05) is 29.6 Å². The maximum absolute atomic E-state index is 13.9. The average Bonchev–Trinajstić information content (AvgIpc) is 3.29. The summed E-state index contributed by atoms with van der Waals surface area (Å²) in [5.41, 5.74) is 2.72. The number of hydrogen-bond acceptors (Lipinski definition) is 7. The molecular weight excluding hydrogens is 474 g/mol. The van der Waals surface area contributed by atoms with E-state index in [2.05, 4.69) is 24.5 Å². The zero-order valence-electron chi connectivity index (χ0n) is 21.2.